The Morgan fingerprint density at radius 2 is 2.20 bits per heavy atom. The van der Waals surface area contributed by atoms with Crippen LogP contribution in [0.2, 0.25) is 0 Å². The van der Waals surface area contributed by atoms with Gasteiger partial charge in [-0.2, -0.15) is 0 Å². The molecule has 10 heavy (non-hydrogen) atoms. The molecule has 0 aromatic rings. The molecule has 2 unspecified atom stereocenters. The molecule has 0 saturated carbocycles. The predicted octanol–water partition coefficient (Wildman–Crippen LogP) is 1.82. The van der Waals surface area contributed by atoms with Crippen molar-refractivity contribution in [2.45, 2.75) is 32.7 Å². The maximum atomic E-state index is 8.85. The van der Waals surface area contributed by atoms with E-state index < -0.39 is 0 Å². The highest BCUT2D eigenvalue weighted by Crippen LogP contribution is 2.10. The molecule has 0 amide bonds. The van der Waals surface area contributed by atoms with E-state index in [0.717, 1.165) is 12.8 Å². The van der Waals surface area contributed by atoms with Gasteiger partial charge in [0, 0.05) is 0 Å². The van der Waals surface area contributed by atoms with Crippen LogP contribution in [-0.2, 0) is 0 Å². The molecule has 2 atom stereocenters. The van der Waals surface area contributed by atoms with Crippen LogP contribution < -0.4 is 5.73 Å². The maximum Gasteiger partial charge on any atom is 0.102 e. The fourth-order valence-electron chi connectivity index (χ4n) is 0.736. The number of aliphatic hydroxyl groups is 1. The average molecular weight is 143 g/mol. The Morgan fingerprint density at radius 3 is 2.50 bits per heavy atom. The summed E-state index contributed by atoms with van der Waals surface area (Å²) in [6.07, 6.45) is 1.92. The van der Waals surface area contributed by atoms with Gasteiger partial charge >= 0.3 is 0 Å². The Hall–Kier alpha value is -0.500. The van der Waals surface area contributed by atoms with E-state index in [1.165, 1.54) is 0 Å². The summed E-state index contributed by atoms with van der Waals surface area (Å²) in [6.45, 7) is 7.60. The first-order valence-electron chi connectivity index (χ1n) is 3.71. The lowest BCUT2D eigenvalue weighted by Gasteiger charge is -2.13. The van der Waals surface area contributed by atoms with Gasteiger partial charge in [0.25, 0.3) is 0 Å². The molecule has 0 fully saturated rings. The highest BCUT2D eigenvalue weighted by molar-refractivity contribution is 4.92. The van der Waals surface area contributed by atoms with Gasteiger partial charge in [0.1, 0.15) is 5.76 Å². The van der Waals surface area contributed by atoms with Crippen LogP contribution in [0.3, 0.4) is 0 Å². The van der Waals surface area contributed by atoms with Gasteiger partial charge in [-0.05, 0) is 12.3 Å². The molecule has 3 N–H and O–H groups in total. The smallest absolute Gasteiger partial charge is 0.102 e. The van der Waals surface area contributed by atoms with Gasteiger partial charge in [-0.3, -0.25) is 0 Å². The number of aliphatic hydroxyl groups excluding tert-OH is 1. The second-order valence-electron chi connectivity index (χ2n) is 2.85. The zero-order valence-electron chi connectivity index (χ0n) is 6.80. The molecule has 0 aliphatic heterocycles. The van der Waals surface area contributed by atoms with E-state index in [4.69, 9.17) is 10.8 Å². The summed E-state index contributed by atoms with van der Waals surface area (Å²) < 4.78 is 0. The van der Waals surface area contributed by atoms with Crippen molar-refractivity contribution < 1.29 is 5.11 Å². The van der Waals surface area contributed by atoms with E-state index in [1.54, 1.807) is 0 Å². The Bertz CT molecular complexity index is 112. The number of hydrogen-bond acceptors (Lipinski definition) is 2. The van der Waals surface area contributed by atoms with E-state index in [9.17, 15) is 0 Å². The molecule has 0 heterocycles. The van der Waals surface area contributed by atoms with Crippen molar-refractivity contribution in [3.8, 4) is 0 Å². The molecule has 2 heteroatoms. The summed E-state index contributed by atoms with van der Waals surface area (Å²) in [7, 11) is 0. The molecule has 0 aliphatic carbocycles. The highest BCUT2D eigenvalue weighted by Gasteiger charge is 2.08. The van der Waals surface area contributed by atoms with E-state index in [-0.39, 0.29) is 11.8 Å². The molecule has 0 aliphatic rings. The fourth-order valence-corrected chi connectivity index (χ4v) is 0.736. The molecular weight excluding hydrogens is 126 g/mol. The molecule has 0 aromatic carbocycles. The van der Waals surface area contributed by atoms with Crippen LogP contribution in [0.5, 0.6) is 0 Å². The van der Waals surface area contributed by atoms with Crippen LogP contribution in [0.15, 0.2) is 12.3 Å². The second kappa shape index (κ2) is 4.34. The van der Waals surface area contributed by atoms with Crippen LogP contribution in [0.25, 0.3) is 0 Å². The third-order valence-electron chi connectivity index (χ3n) is 1.78. The average Bonchev–Trinajstić information content (AvgIpc) is 1.87. The van der Waals surface area contributed by atoms with Crippen molar-refractivity contribution in [2.75, 3.05) is 0 Å². The minimum atomic E-state index is -0.241. The quantitative estimate of drug-likeness (QED) is 0.590. The third-order valence-corrected chi connectivity index (χ3v) is 1.78. The predicted molar refractivity (Wildman–Crippen MR) is 43.8 cm³/mol. The molecule has 60 valence electrons. The van der Waals surface area contributed by atoms with Crippen LogP contribution in [0.4, 0.5) is 0 Å². The zero-order chi connectivity index (χ0) is 8.15. The number of hydrogen-bond donors (Lipinski definition) is 2. The van der Waals surface area contributed by atoms with Crippen molar-refractivity contribution in [1.82, 2.24) is 0 Å². The Balaban J connectivity index is 3.56. The summed E-state index contributed by atoms with van der Waals surface area (Å²) in [5, 5.41) is 8.85. The number of nitrogens with two attached hydrogens (primary N) is 1. The first-order valence-corrected chi connectivity index (χ1v) is 3.71. The summed E-state index contributed by atoms with van der Waals surface area (Å²) in [6, 6.07) is -0.241. The normalized spacial score (nSPS) is 16.3. The molecule has 0 bridgehead atoms. The fraction of sp³-hybridized carbons (Fsp3) is 0.750. The van der Waals surface area contributed by atoms with E-state index in [2.05, 4.69) is 20.4 Å². The SMILES string of the molecule is C=C(O)C(N)CC(C)CC. The molecule has 2 nitrogen and oxygen atoms in total. The lowest BCUT2D eigenvalue weighted by atomic mass is 9.99. The van der Waals surface area contributed by atoms with Crippen molar-refractivity contribution in [2.24, 2.45) is 11.7 Å². The Kier molecular flexibility index (Phi) is 4.12. The summed E-state index contributed by atoms with van der Waals surface area (Å²) in [4.78, 5) is 0. The molecule has 0 spiro atoms. The number of rotatable bonds is 4. The summed E-state index contributed by atoms with van der Waals surface area (Å²) in [5.74, 6) is 0.666. The molecule has 0 rings (SSSR count). The van der Waals surface area contributed by atoms with Crippen molar-refractivity contribution in [3.63, 3.8) is 0 Å². The molecule has 0 saturated heterocycles. The van der Waals surface area contributed by atoms with Crippen LogP contribution in [-0.4, -0.2) is 11.1 Å². The van der Waals surface area contributed by atoms with E-state index in [1.807, 2.05) is 0 Å². The van der Waals surface area contributed by atoms with E-state index >= 15 is 0 Å². The van der Waals surface area contributed by atoms with Crippen molar-refractivity contribution in [3.05, 3.63) is 12.3 Å². The molecule has 0 radical (unpaired) electrons. The van der Waals surface area contributed by atoms with Gasteiger partial charge in [-0.15, -0.1) is 0 Å². The largest absolute Gasteiger partial charge is 0.511 e. The van der Waals surface area contributed by atoms with E-state index in [0.29, 0.717) is 5.92 Å². The van der Waals surface area contributed by atoms with Crippen molar-refractivity contribution in [1.29, 1.82) is 0 Å². The lowest BCUT2D eigenvalue weighted by Crippen LogP contribution is -2.24. The summed E-state index contributed by atoms with van der Waals surface area (Å²) >= 11 is 0. The topological polar surface area (TPSA) is 46.2 Å². The van der Waals surface area contributed by atoms with Crippen LogP contribution in [0, 0.1) is 5.92 Å². The standard InChI is InChI=1S/C8H17NO/c1-4-6(2)5-8(9)7(3)10/h6,8,10H,3-5,9H2,1-2H3. The Labute approximate surface area is 62.7 Å². The molecule has 0 aromatic heterocycles. The third kappa shape index (κ3) is 3.51. The van der Waals surface area contributed by atoms with Crippen molar-refractivity contribution >= 4 is 0 Å². The molecular formula is C8H17NO. The van der Waals surface area contributed by atoms with Crippen LogP contribution >= 0.6 is 0 Å². The minimum absolute atomic E-state index is 0.0975. The monoisotopic (exact) mass is 143 g/mol. The van der Waals surface area contributed by atoms with Gasteiger partial charge < -0.3 is 10.8 Å². The summed E-state index contributed by atoms with van der Waals surface area (Å²) in [5.41, 5.74) is 5.54. The van der Waals surface area contributed by atoms with Gasteiger partial charge in [0.15, 0.2) is 0 Å². The second-order valence-corrected chi connectivity index (χ2v) is 2.85. The lowest BCUT2D eigenvalue weighted by molar-refractivity contribution is 0.339. The first kappa shape index (κ1) is 9.50. The van der Waals surface area contributed by atoms with Gasteiger partial charge in [0.2, 0.25) is 0 Å². The minimum Gasteiger partial charge on any atom is -0.511 e. The van der Waals surface area contributed by atoms with Gasteiger partial charge in [0.05, 0.1) is 6.04 Å². The maximum absolute atomic E-state index is 8.85. The Morgan fingerprint density at radius 1 is 1.70 bits per heavy atom. The van der Waals surface area contributed by atoms with Gasteiger partial charge in [-0.1, -0.05) is 26.8 Å². The van der Waals surface area contributed by atoms with Crippen LogP contribution in [0.1, 0.15) is 26.7 Å². The zero-order valence-corrected chi connectivity index (χ0v) is 6.80. The highest BCUT2D eigenvalue weighted by atomic mass is 16.3. The van der Waals surface area contributed by atoms with Gasteiger partial charge in [-0.25, -0.2) is 0 Å². The first-order chi connectivity index (χ1) is 4.57.